The van der Waals surface area contributed by atoms with Gasteiger partial charge in [-0.3, -0.25) is 4.79 Å². The number of rotatable bonds is 5. The Hall–Kier alpha value is -1.33. The third-order valence-electron chi connectivity index (χ3n) is 3.44. The van der Waals surface area contributed by atoms with E-state index in [4.69, 9.17) is 22.4 Å². The summed E-state index contributed by atoms with van der Waals surface area (Å²) in [5.41, 5.74) is 6.00. The summed E-state index contributed by atoms with van der Waals surface area (Å²) in [4.78, 5) is 18.2. The second kappa shape index (κ2) is 6.21. The van der Waals surface area contributed by atoms with Crippen molar-refractivity contribution in [2.45, 2.75) is 31.7 Å². The lowest BCUT2D eigenvalue weighted by atomic mass is 9.91. The minimum Gasteiger partial charge on any atom is -0.396 e. The molecule has 0 atom stereocenters. The molecule has 1 aromatic rings. The van der Waals surface area contributed by atoms with Gasteiger partial charge in [-0.15, -0.1) is 0 Å². The van der Waals surface area contributed by atoms with Crippen LogP contribution in [0.5, 0.6) is 0 Å². The first-order valence-electron chi connectivity index (χ1n) is 6.46. The molecular formula is C13H18ClN3O2. The predicted octanol–water partition coefficient (Wildman–Crippen LogP) is 1.69. The Morgan fingerprint density at radius 1 is 1.58 bits per heavy atom. The number of nitrogens with zero attached hydrogens (tertiary/aromatic N) is 2. The quantitative estimate of drug-likeness (QED) is 0.862. The smallest absolute Gasteiger partial charge is 0.255 e. The second-order valence-electron chi connectivity index (χ2n) is 4.75. The highest BCUT2D eigenvalue weighted by molar-refractivity contribution is 6.33. The minimum atomic E-state index is -0.128. The number of pyridine rings is 1. The third kappa shape index (κ3) is 3.16. The van der Waals surface area contributed by atoms with E-state index in [1.165, 1.54) is 12.3 Å². The highest BCUT2D eigenvalue weighted by Crippen LogP contribution is 2.28. The highest BCUT2D eigenvalue weighted by atomic mass is 35.5. The maximum Gasteiger partial charge on any atom is 0.255 e. The molecule has 6 heteroatoms. The van der Waals surface area contributed by atoms with E-state index >= 15 is 0 Å². The molecule has 0 saturated heterocycles. The van der Waals surface area contributed by atoms with Crippen molar-refractivity contribution in [3.63, 3.8) is 0 Å². The summed E-state index contributed by atoms with van der Waals surface area (Å²) in [6.07, 6.45) is 5.13. The fraction of sp³-hybridized carbons (Fsp3) is 0.538. The van der Waals surface area contributed by atoms with Gasteiger partial charge in [0.2, 0.25) is 0 Å². The van der Waals surface area contributed by atoms with E-state index in [-0.39, 0.29) is 24.4 Å². The largest absolute Gasteiger partial charge is 0.396 e. The van der Waals surface area contributed by atoms with Gasteiger partial charge in [-0.1, -0.05) is 11.6 Å². The summed E-state index contributed by atoms with van der Waals surface area (Å²) in [7, 11) is 0. The monoisotopic (exact) mass is 283 g/mol. The Bertz CT molecular complexity index is 463. The number of halogens is 1. The van der Waals surface area contributed by atoms with Gasteiger partial charge in [0, 0.05) is 25.4 Å². The van der Waals surface area contributed by atoms with Crippen LogP contribution in [0.25, 0.3) is 0 Å². The molecule has 104 valence electrons. The lowest BCUT2D eigenvalue weighted by Gasteiger charge is -2.37. The topological polar surface area (TPSA) is 79.5 Å². The number of nitrogens with two attached hydrogens (primary N) is 1. The van der Waals surface area contributed by atoms with Crippen LogP contribution >= 0.6 is 11.6 Å². The summed E-state index contributed by atoms with van der Waals surface area (Å²) < 4.78 is 0. The van der Waals surface area contributed by atoms with Gasteiger partial charge in [0.05, 0.1) is 10.6 Å². The van der Waals surface area contributed by atoms with E-state index in [1.807, 2.05) is 0 Å². The first kappa shape index (κ1) is 14.1. The number of amides is 1. The molecule has 1 aromatic heterocycles. The molecule has 1 aliphatic rings. The van der Waals surface area contributed by atoms with Gasteiger partial charge in [0.25, 0.3) is 5.91 Å². The first-order chi connectivity index (χ1) is 9.13. The third-order valence-corrected chi connectivity index (χ3v) is 3.74. The lowest BCUT2D eigenvalue weighted by Crippen LogP contribution is -2.45. The van der Waals surface area contributed by atoms with Crippen LogP contribution in [-0.4, -0.2) is 40.1 Å². The molecule has 1 amide bonds. The molecule has 0 bridgehead atoms. The van der Waals surface area contributed by atoms with E-state index in [2.05, 4.69) is 4.98 Å². The predicted molar refractivity (Wildman–Crippen MR) is 74.0 cm³/mol. The Morgan fingerprint density at radius 2 is 2.32 bits per heavy atom. The summed E-state index contributed by atoms with van der Waals surface area (Å²) >= 11 is 6.02. The zero-order valence-electron chi connectivity index (χ0n) is 10.7. The first-order valence-corrected chi connectivity index (χ1v) is 6.84. The van der Waals surface area contributed by atoms with Gasteiger partial charge in [0.15, 0.2) is 0 Å². The molecule has 3 N–H and O–H groups in total. The molecule has 2 rings (SSSR count). The number of anilines is 1. The molecule has 19 heavy (non-hydrogen) atoms. The number of hydrogen-bond donors (Lipinski definition) is 2. The van der Waals surface area contributed by atoms with E-state index in [0.29, 0.717) is 23.6 Å². The van der Waals surface area contributed by atoms with Crippen molar-refractivity contribution in [3.05, 3.63) is 22.8 Å². The summed E-state index contributed by atoms with van der Waals surface area (Å²) in [6.45, 7) is 0.612. The Balaban J connectivity index is 2.19. The zero-order valence-corrected chi connectivity index (χ0v) is 11.4. The molecule has 0 spiro atoms. The highest BCUT2D eigenvalue weighted by Gasteiger charge is 2.30. The molecule has 1 aliphatic carbocycles. The number of carbonyl (C=O) groups is 1. The van der Waals surface area contributed by atoms with Gasteiger partial charge in [-0.05, 0) is 31.7 Å². The van der Waals surface area contributed by atoms with E-state index < -0.39 is 0 Å². The zero-order chi connectivity index (χ0) is 13.8. The number of aliphatic hydroxyl groups excluding tert-OH is 1. The van der Waals surface area contributed by atoms with Crippen LogP contribution in [0, 0.1) is 0 Å². The number of aromatic nitrogens is 1. The van der Waals surface area contributed by atoms with Crippen molar-refractivity contribution in [3.8, 4) is 0 Å². The standard InChI is InChI=1S/C13H18ClN3O2/c14-11-8-16-12(15)7-10(11)13(19)17(5-2-6-18)9-3-1-4-9/h7-9,18H,1-6H2,(H2,15,16). The second-order valence-corrected chi connectivity index (χ2v) is 5.16. The van der Waals surface area contributed by atoms with Crippen LogP contribution in [-0.2, 0) is 0 Å². The van der Waals surface area contributed by atoms with Crippen LogP contribution in [0.2, 0.25) is 5.02 Å². The van der Waals surface area contributed by atoms with Gasteiger partial charge < -0.3 is 15.7 Å². The summed E-state index contributed by atoms with van der Waals surface area (Å²) in [5.74, 6) is 0.153. The Labute approximate surface area is 117 Å². The maximum atomic E-state index is 12.5. The molecule has 0 aromatic carbocycles. The van der Waals surface area contributed by atoms with E-state index in [0.717, 1.165) is 19.3 Å². The Kier molecular flexibility index (Phi) is 4.61. The number of carbonyl (C=O) groups excluding carboxylic acids is 1. The summed E-state index contributed by atoms with van der Waals surface area (Å²) in [6, 6.07) is 1.76. The van der Waals surface area contributed by atoms with Gasteiger partial charge in [0.1, 0.15) is 5.82 Å². The Morgan fingerprint density at radius 3 is 2.89 bits per heavy atom. The van der Waals surface area contributed by atoms with Crippen LogP contribution in [0.15, 0.2) is 12.3 Å². The number of aliphatic hydroxyl groups is 1. The average Bonchev–Trinajstić information content (AvgIpc) is 2.34. The van der Waals surface area contributed by atoms with Gasteiger partial charge >= 0.3 is 0 Å². The van der Waals surface area contributed by atoms with Crippen molar-refractivity contribution < 1.29 is 9.90 Å². The van der Waals surface area contributed by atoms with E-state index in [9.17, 15) is 4.79 Å². The molecule has 1 saturated carbocycles. The van der Waals surface area contributed by atoms with Crippen molar-refractivity contribution in [1.82, 2.24) is 9.88 Å². The number of hydrogen-bond acceptors (Lipinski definition) is 4. The van der Waals surface area contributed by atoms with Crippen molar-refractivity contribution >= 4 is 23.3 Å². The SMILES string of the molecule is Nc1cc(C(=O)N(CCCO)C2CCC2)c(Cl)cn1. The molecule has 0 aliphatic heterocycles. The molecule has 0 radical (unpaired) electrons. The van der Waals surface area contributed by atoms with Crippen LogP contribution < -0.4 is 5.73 Å². The molecule has 0 unspecified atom stereocenters. The van der Waals surface area contributed by atoms with Crippen molar-refractivity contribution in [1.29, 1.82) is 0 Å². The lowest BCUT2D eigenvalue weighted by molar-refractivity contribution is 0.0562. The maximum absolute atomic E-state index is 12.5. The molecule has 1 fully saturated rings. The van der Waals surface area contributed by atoms with Gasteiger partial charge in [-0.2, -0.15) is 0 Å². The van der Waals surface area contributed by atoms with Crippen molar-refractivity contribution in [2.24, 2.45) is 0 Å². The van der Waals surface area contributed by atoms with E-state index in [1.54, 1.807) is 4.90 Å². The van der Waals surface area contributed by atoms with Crippen LogP contribution in [0.1, 0.15) is 36.0 Å². The van der Waals surface area contributed by atoms with Crippen LogP contribution in [0.3, 0.4) is 0 Å². The fourth-order valence-electron chi connectivity index (χ4n) is 2.16. The number of nitrogen functional groups attached to an aromatic ring is 1. The summed E-state index contributed by atoms with van der Waals surface area (Å²) in [5, 5.41) is 9.26. The van der Waals surface area contributed by atoms with Gasteiger partial charge in [-0.25, -0.2) is 4.98 Å². The van der Waals surface area contributed by atoms with Crippen molar-refractivity contribution in [2.75, 3.05) is 18.9 Å². The average molecular weight is 284 g/mol. The van der Waals surface area contributed by atoms with Crippen LogP contribution in [0.4, 0.5) is 5.82 Å². The minimum absolute atomic E-state index is 0.0721. The fourth-order valence-corrected chi connectivity index (χ4v) is 2.35. The molecule has 1 heterocycles. The normalized spacial score (nSPS) is 15.1. The molecular weight excluding hydrogens is 266 g/mol. The molecule has 5 nitrogen and oxygen atoms in total.